The second-order valence-corrected chi connectivity index (χ2v) is 7.51. The molecule has 0 aliphatic heterocycles. The third-order valence-electron chi connectivity index (χ3n) is 4.43. The number of nitrogens with two attached hydrogens (primary N) is 1. The number of rotatable bonds is 16. The average Bonchev–Trinajstić information content (AvgIpc) is 2.83. The minimum Gasteiger partial charge on any atom is -0.385 e. The number of methoxy groups -OCH3 is 1. The zero-order valence-electron chi connectivity index (χ0n) is 22.8. The van der Waals surface area contributed by atoms with Crippen molar-refractivity contribution in [2.24, 2.45) is 5.73 Å². The lowest BCUT2D eigenvalue weighted by atomic mass is 10.1. The number of allylic oxidation sites excluding steroid dienone is 4. The van der Waals surface area contributed by atoms with Crippen LogP contribution in [0, 0.1) is 0 Å². The molecule has 0 aromatic carbocycles. The highest BCUT2D eigenvalue weighted by Gasteiger charge is 2.03. The highest BCUT2D eigenvalue weighted by atomic mass is 19.1. The van der Waals surface area contributed by atoms with Crippen molar-refractivity contribution in [3.8, 4) is 0 Å². The quantitative estimate of drug-likeness (QED) is 0.137. The van der Waals surface area contributed by atoms with Gasteiger partial charge < -0.3 is 15.3 Å². The van der Waals surface area contributed by atoms with Crippen molar-refractivity contribution in [1.29, 1.82) is 0 Å². The topological polar surface area (TPSA) is 52.3 Å². The highest BCUT2D eigenvalue weighted by molar-refractivity contribution is 5.58. The summed E-state index contributed by atoms with van der Waals surface area (Å²) in [6, 6.07) is -0.734. The smallest absolute Gasteiger partial charge is 0.137 e. The Bertz CT molecular complexity index is 437. The van der Waals surface area contributed by atoms with E-state index in [9.17, 15) is 13.6 Å². The number of halogens is 2. The predicted molar refractivity (Wildman–Crippen MR) is 143 cm³/mol. The summed E-state index contributed by atoms with van der Waals surface area (Å²) in [6.07, 6.45) is 19.5. The minimum absolute atomic E-state index is 0.116. The monoisotopic (exact) mass is 475 g/mol. The predicted octanol–water partition coefficient (Wildman–Crippen LogP) is 9.18. The van der Waals surface area contributed by atoms with E-state index >= 15 is 0 Å². The average molecular weight is 476 g/mol. The Morgan fingerprint density at radius 1 is 0.909 bits per heavy atom. The van der Waals surface area contributed by atoms with Crippen LogP contribution in [0.15, 0.2) is 36.0 Å². The first-order valence-corrected chi connectivity index (χ1v) is 13.0. The van der Waals surface area contributed by atoms with Gasteiger partial charge >= 0.3 is 0 Å². The molecule has 33 heavy (non-hydrogen) atoms. The molecule has 1 unspecified atom stereocenters. The van der Waals surface area contributed by atoms with E-state index in [4.69, 9.17) is 10.5 Å². The summed E-state index contributed by atoms with van der Waals surface area (Å²) < 4.78 is 29.6. The summed E-state index contributed by atoms with van der Waals surface area (Å²) in [6.45, 7) is 13.2. The molecule has 0 aromatic rings. The lowest BCUT2D eigenvalue weighted by Gasteiger charge is -2.03. The molecule has 0 aliphatic carbocycles. The molecule has 0 saturated carbocycles. The number of hydrogen-bond acceptors (Lipinski definition) is 3. The van der Waals surface area contributed by atoms with E-state index in [2.05, 4.69) is 20.8 Å². The normalized spacial score (nSPS) is 12.1. The number of carbonyl (C=O) groups is 1. The van der Waals surface area contributed by atoms with Crippen LogP contribution < -0.4 is 5.73 Å². The summed E-state index contributed by atoms with van der Waals surface area (Å²) in [5.41, 5.74) is 5.65. The third kappa shape index (κ3) is 41.4. The Morgan fingerprint density at radius 3 is 1.76 bits per heavy atom. The molecule has 198 valence electrons. The molecule has 3 nitrogen and oxygen atoms in total. The molecule has 0 amide bonds. The molecule has 0 rings (SSSR count). The van der Waals surface area contributed by atoms with E-state index in [1.165, 1.54) is 83.6 Å². The molecule has 1 atom stereocenters. The number of aldehydes is 1. The van der Waals surface area contributed by atoms with Gasteiger partial charge in [0.05, 0.1) is 12.4 Å². The number of hydrogen-bond donors (Lipinski definition) is 1. The molecule has 5 heteroatoms. The van der Waals surface area contributed by atoms with Crippen molar-refractivity contribution in [3.05, 3.63) is 36.0 Å². The van der Waals surface area contributed by atoms with Crippen LogP contribution >= 0.6 is 0 Å². The first-order chi connectivity index (χ1) is 16.0. The number of unbranched alkanes of at least 4 members (excludes halogenated alkanes) is 9. The maximum Gasteiger partial charge on any atom is 0.137 e. The summed E-state index contributed by atoms with van der Waals surface area (Å²) >= 11 is 0. The van der Waals surface area contributed by atoms with Gasteiger partial charge in [-0.15, -0.1) is 0 Å². The SMILES string of the molecule is CC.CCCCCCC.CCCCCCCCOC.C\C=C(F)/C=C(\C=C\F)CC(N)C=O. The first kappa shape index (κ1) is 38.9. The van der Waals surface area contributed by atoms with Crippen molar-refractivity contribution in [1.82, 2.24) is 0 Å². The third-order valence-corrected chi connectivity index (χ3v) is 4.43. The number of ether oxygens (including phenoxy) is 1. The van der Waals surface area contributed by atoms with E-state index < -0.39 is 11.9 Å². The van der Waals surface area contributed by atoms with Crippen LogP contribution in [0.4, 0.5) is 8.78 Å². The Balaban J connectivity index is -0.000000194. The molecule has 2 N–H and O–H groups in total. The summed E-state index contributed by atoms with van der Waals surface area (Å²) in [4.78, 5) is 10.2. The van der Waals surface area contributed by atoms with Crippen molar-refractivity contribution in [3.63, 3.8) is 0 Å². The molecular formula is C28H55F2NO2. The van der Waals surface area contributed by atoms with Crippen LogP contribution in [-0.4, -0.2) is 26.0 Å². The van der Waals surface area contributed by atoms with Crippen molar-refractivity contribution >= 4 is 6.29 Å². The first-order valence-electron chi connectivity index (χ1n) is 13.0. The van der Waals surface area contributed by atoms with Crippen molar-refractivity contribution in [2.75, 3.05) is 13.7 Å². The van der Waals surface area contributed by atoms with Gasteiger partial charge in [0.15, 0.2) is 0 Å². The standard InChI is InChI=1S/C10H13F2NO.C9H20O.C7H16.C2H6/c1-2-9(12)5-8(3-4-11)6-10(13)7-14;1-3-4-5-6-7-8-9-10-2;1-3-5-7-6-4-2;1-2/h2-5,7,10H,6,13H2,1H3;3-9H2,1-2H3;3-7H2,1-2H3;1-2H3/b4-3+,8-5+,9-2+;;;. The van der Waals surface area contributed by atoms with Gasteiger partial charge in [0.2, 0.25) is 0 Å². The van der Waals surface area contributed by atoms with Gasteiger partial charge in [0.25, 0.3) is 0 Å². The van der Waals surface area contributed by atoms with Gasteiger partial charge in [-0.1, -0.05) is 105 Å². The van der Waals surface area contributed by atoms with Crippen LogP contribution in [0.25, 0.3) is 0 Å². The van der Waals surface area contributed by atoms with Gasteiger partial charge in [-0.25, -0.2) is 8.78 Å². The van der Waals surface area contributed by atoms with Crippen molar-refractivity contribution in [2.45, 2.75) is 125 Å². The van der Waals surface area contributed by atoms with Crippen molar-refractivity contribution < 1.29 is 18.3 Å². The van der Waals surface area contributed by atoms with Crippen LogP contribution in [-0.2, 0) is 9.53 Å². The maximum absolute atomic E-state index is 12.8. The lowest BCUT2D eigenvalue weighted by molar-refractivity contribution is -0.108. The molecule has 0 heterocycles. The lowest BCUT2D eigenvalue weighted by Crippen LogP contribution is -2.21. The van der Waals surface area contributed by atoms with Crippen LogP contribution in [0.5, 0.6) is 0 Å². The summed E-state index contributed by atoms with van der Waals surface area (Å²) in [7, 11) is 1.77. The largest absolute Gasteiger partial charge is 0.385 e. The molecule has 0 radical (unpaired) electrons. The fourth-order valence-corrected chi connectivity index (χ4v) is 2.54. The molecule has 0 fully saturated rings. The molecule has 0 aromatic heterocycles. The zero-order valence-corrected chi connectivity index (χ0v) is 22.8. The molecule has 0 aliphatic rings. The number of carbonyl (C=O) groups excluding carboxylic acids is 1. The van der Waals surface area contributed by atoms with Gasteiger partial charge in [0, 0.05) is 13.7 Å². The maximum atomic E-state index is 12.8. The molecular weight excluding hydrogens is 420 g/mol. The van der Waals surface area contributed by atoms with E-state index in [0.717, 1.165) is 18.8 Å². The Kier molecular flexibility index (Phi) is 44.8. The van der Waals surface area contributed by atoms with Crippen LogP contribution in [0.2, 0.25) is 0 Å². The van der Waals surface area contributed by atoms with E-state index in [0.29, 0.717) is 11.9 Å². The minimum atomic E-state index is -0.734. The molecule has 0 saturated heterocycles. The van der Waals surface area contributed by atoms with E-state index in [1.807, 2.05) is 13.8 Å². The Labute approximate surface area is 204 Å². The van der Waals surface area contributed by atoms with Gasteiger partial charge in [-0.2, -0.15) is 0 Å². The van der Waals surface area contributed by atoms with Gasteiger partial charge in [-0.3, -0.25) is 0 Å². The fraction of sp³-hybridized carbons (Fsp3) is 0.750. The second kappa shape index (κ2) is 38.0. The zero-order chi connectivity index (χ0) is 26.2. The van der Waals surface area contributed by atoms with Crippen LogP contribution in [0.1, 0.15) is 119 Å². The van der Waals surface area contributed by atoms with E-state index in [1.54, 1.807) is 7.11 Å². The Morgan fingerprint density at radius 2 is 1.36 bits per heavy atom. The summed E-state index contributed by atoms with van der Waals surface area (Å²) in [5, 5.41) is 0. The fourth-order valence-electron chi connectivity index (χ4n) is 2.54. The highest BCUT2D eigenvalue weighted by Crippen LogP contribution is 2.11. The van der Waals surface area contributed by atoms with Crippen LogP contribution in [0.3, 0.4) is 0 Å². The van der Waals surface area contributed by atoms with Gasteiger partial charge in [-0.05, 0) is 37.5 Å². The summed E-state index contributed by atoms with van der Waals surface area (Å²) in [5.74, 6) is -0.490. The molecule has 0 spiro atoms. The molecule has 0 bridgehead atoms. The van der Waals surface area contributed by atoms with Gasteiger partial charge in [0.1, 0.15) is 12.1 Å². The van der Waals surface area contributed by atoms with E-state index in [-0.39, 0.29) is 12.8 Å². The second-order valence-electron chi connectivity index (χ2n) is 7.51. The Hall–Kier alpha value is -1.33.